The quantitative estimate of drug-likeness (QED) is 0.705. The van der Waals surface area contributed by atoms with Gasteiger partial charge in [0.1, 0.15) is 0 Å². The maximum atomic E-state index is 11.8. The van der Waals surface area contributed by atoms with E-state index in [1.807, 2.05) is 39.5 Å². The fourth-order valence-electron chi connectivity index (χ4n) is 1.20. The number of carbonyl (C=O) groups excluding carboxylic acids is 1. The van der Waals surface area contributed by atoms with Crippen LogP contribution in [0.4, 0.5) is 0 Å². The van der Waals surface area contributed by atoms with Crippen molar-refractivity contribution in [2.75, 3.05) is 11.5 Å². The van der Waals surface area contributed by atoms with Crippen LogP contribution in [-0.2, 0) is 4.79 Å². The molecule has 4 heteroatoms. The molecule has 16 heavy (non-hydrogen) atoms. The largest absolute Gasteiger partial charge is 0.352 e. The second-order valence-corrected chi connectivity index (χ2v) is 6.63. The van der Waals surface area contributed by atoms with E-state index in [0.717, 1.165) is 17.9 Å². The molecule has 0 aliphatic carbocycles. The van der Waals surface area contributed by atoms with Crippen molar-refractivity contribution in [1.82, 2.24) is 5.32 Å². The third-order valence-electron chi connectivity index (χ3n) is 2.50. The lowest BCUT2D eigenvalue weighted by Gasteiger charge is -2.27. The molecule has 0 aliphatic rings. The summed E-state index contributed by atoms with van der Waals surface area (Å²) in [7, 11) is 0. The molecule has 0 radical (unpaired) electrons. The van der Waals surface area contributed by atoms with Gasteiger partial charge in [0, 0.05) is 6.04 Å². The van der Waals surface area contributed by atoms with E-state index in [0.29, 0.717) is 0 Å². The van der Waals surface area contributed by atoms with Gasteiger partial charge in [0.2, 0.25) is 5.91 Å². The van der Waals surface area contributed by atoms with E-state index >= 15 is 0 Å². The Morgan fingerprint density at radius 1 is 1.44 bits per heavy atom. The number of hydrogen-bond donors (Lipinski definition) is 2. The Morgan fingerprint density at radius 2 is 2.00 bits per heavy atom. The Bertz CT molecular complexity index is 214. The van der Waals surface area contributed by atoms with Crippen molar-refractivity contribution in [3.63, 3.8) is 0 Å². The summed E-state index contributed by atoms with van der Waals surface area (Å²) in [6.45, 7) is 10.1. The van der Waals surface area contributed by atoms with Crippen molar-refractivity contribution in [2.45, 2.75) is 53.1 Å². The fourth-order valence-corrected chi connectivity index (χ4v) is 2.01. The first-order valence-corrected chi connectivity index (χ1v) is 7.08. The Morgan fingerprint density at radius 3 is 2.44 bits per heavy atom. The topological polar surface area (TPSA) is 55.1 Å². The summed E-state index contributed by atoms with van der Waals surface area (Å²) in [6, 6.07) is -0.228. The minimum absolute atomic E-state index is 0.0403. The molecule has 0 aromatic rings. The Kier molecular flexibility index (Phi) is 7.07. The summed E-state index contributed by atoms with van der Waals surface area (Å²) < 4.78 is 0. The van der Waals surface area contributed by atoms with Gasteiger partial charge in [0.25, 0.3) is 0 Å². The maximum Gasteiger partial charge on any atom is 0.237 e. The second-order valence-electron chi connectivity index (χ2n) is 5.24. The zero-order chi connectivity index (χ0) is 12.8. The van der Waals surface area contributed by atoms with Gasteiger partial charge in [-0.15, -0.1) is 0 Å². The third-order valence-corrected chi connectivity index (χ3v) is 3.44. The number of thioether (sulfide) groups is 1. The Hall–Kier alpha value is -0.220. The van der Waals surface area contributed by atoms with Crippen LogP contribution in [0.1, 0.15) is 41.0 Å². The highest BCUT2D eigenvalue weighted by Gasteiger charge is 2.27. The summed E-state index contributed by atoms with van der Waals surface area (Å²) in [5, 5.41) is 2.97. The lowest BCUT2D eigenvalue weighted by Crippen LogP contribution is -2.50. The van der Waals surface area contributed by atoms with E-state index in [1.165, 1.54) is 0 Å². The number of nitrogens with two attached hydrogens (primary N) is 1. The zero-order valence-electron chi connectivity index (χ0n) is 11.2. The van der Waals surface area contributed by atoms with Gasteiger partial charge in [-0.2, -0.15) is 11.8 Å². The van der Waals surface area contributed by atoms with Crippen molar-refractivity contribution in [2.24, 2.45) is 11.1 Å². The van der Waals surface area contributed by atoms with Gasteiger partial charge in [-0.05, 0) is 30.3 Å². The summed E-state index contributed by atoms with van der Waals surface area (Å²) >= 11 is 1.89. The predicted octanol–water partition coefficient (Wildman–Crippen LogP) is 2.01. The second kappa shape index (κ2) is 7.17. The van der Waals surface area contributed by atoms with Gasteiger partial charge in [-0.25, -0.2) is 0 Å². The Labute approximate surface area is 104 Å². The molecule has 0 saturated heterocycles. The molecule has 1 unspecified atom stereocenters. The summed E-state index contributed by atoms with van der Waals surface area (Å²) in [5.74, 6) is 2.17. The van der Waals surface area contributed by atoms with Crippen LogP contribution in [0.15, 0.2) is 0 Å². The van der Waals surface area contributed by atoms with Crippen molar-refractivity contribution >= 4 is 17.7 Å². The minimum Gasteiger partial charge on any atom is -0.352 e. The number of carbonyl (C=O) groups is 1. The first kappa shape index (κ1) is 15.8. The van der Waals surface area contributed by atoms with E-state index in [1.54, 1.807) is 0 Å². The van der Waals surface area contributed by atoms with Crippen LogP contribution >= 0.6 is 11.8 Å². The molecule has 0 heterocycles. The molecule has 0 rings (SSSR count). The van der Waals surface area contributed by atoms with Crippen LogP contribution in [0.3, 0.4) is 0 Å². The molecular weight excluding hydrogens is 220 g/mol. The molecule has 1 amide bonds. The maximum absolute atomic E-state index is 11.8. The molecule has 0 aromatic heterocycles. The van der Waals surface area contributed by atoms with E-state index < -0.39 is 6.04 Å². The molecule has 0 fully saturated rings. The third kappa shape index (κ3) is 6.38. The van der Waals surface area contributed by atoms with Gasteiger partial charge in [-0.3, -0.25) is 4.79 Å². The standard InChI is InChI=1S/C12H26N2OS/c1-6-16-8-7-9(2)14-11(15)10(13)12(3,4)5/h9-10H,6-8,13H2,1-5H3,(H,14,15)/t9?,10-/m1/s1. The molecular formula is C12H26N2OS. The predicted molar refractivity (Wildman–Crippen MR) is 72.7 cm³/mol. The molecule has 0 spiro atoms. The minimum atomic E-state index is -0.436. The first-order valence-electron chi connectivity index (χ1n) is 5.92. The van der Waals surface area contributed by atoms with Crippen LogP contribution in [0.25, 0.3) is 0 Å². The molecule has 0 aliphatic heterocycles. The van der Waals surface area contributed by atoms with Gasteiger partial charge in [-0.1, -0.05) is 27.7 Å². The molecule has 2 atom stereocenters. The van der Waals surface area contributed by atoms with Crippen molar-refractivity contribution in [3.05, 3.63) is 0 Å². The highest BCUT2D eigenvalue weighted by atomic mass is 32.2. The zero-order valence-corrected chi connectivity index (χ0v) is 12.0. The van der Waals surface area contributed by atoms with Gasteiger partial charge in [0.05, 0.1) is 6.04 Å². The molecule has 3 nitrogen and oxygen atoms in total. The van der Waals surface area contributed by atoms with Gasteiger partial charge < -0.3 is 11.1 Å². The molecule has 0 saturated carbocycles. The number of hydrogen-bond acceptors (Lipinski definition) is 3. The van der Waals surface area contributed by atoms with Crippen molar-refractivity contribution in [3.8, 4) is 0 Å². The van der Waals surface area contributed by atoms with Crippen LogP contribution < -0.4 is 11.1 Å². The van der Waals surface area contributed by atoms with E-state index in [4.69, 9.17) is 5.73 Å². The smallest absolute Gasteiger partial charge is 0.237 e. The normalized spacial score (nSPS) is 15.6. The van der Waals surface area contributed by atoms with Crippen LogP contribution in [0, 0.1) is 5.41 Å². The molecule has 0 aromatic carbocycles. The summed E-state index contributed by atoms with van der Waals surface area (Å²) in [4.78, 5) is 11.8. The number of amides is 1. The van der Waals surface area contributed by atoms with E-state index in [9.17, 15) is 4.79 Å². The monoisotopic (exact) mass is 246 g/mol. The average molecular weight is 246 g/mol. The van der Waals surface area contributed by atoms with E-state index in [2.05, 4.69) is 12.2 Å². The lowest BCUT2D eigenvalue weighted by molar-refractivity contribution is -0.125. The fraction of sp³-hybridized carbons (Fsp3) is 0.917. The number of nitrogens with one attached hydrogen (secondary N) is 1. The number of rotatable bonds is 6. The molecule has 3 N–H and O–H groups in total. The highest BCUT2D eigenvalue weighted by Crippen LogP contribution is 2.17. The summed E-state index contributed by atoms with van der Waals surface area (Å²) in [6.07, 6.45) is 1.00. The first-order chi connectivity index (χ1) is 7.29. The van der Waals surface area contributed by atoms with Crippen LogP contribution in [0.5, 0.6) is 0 Å². The summed E-state index contributed by atoms with van der Waals surface area (Å²) in [5.41, 5.74) is 5.70. The van der Waals surface area contributed by atoms with Crippen molar-refractivity contribution in [1.29, 1.82) is 0 Å². The SMILES string of the molecule is CCSCCC(C)NC(=O)[C@@H](N)C(C)(C)C. The van der Waals surface area contributed by atoms with Crippen LogP contribution in [0.2, 0.25) is 0 Å². The highest BCUT2D eigenvalue weighted by molar-refractivity contribution is 7.99. The van der Waals surface area contributed by atoms with Gasteiger partial charge in [0.15, 0.2) is 0 Å². The lowest BCUT2D eigenvalue weighted by atomic mass is 9.87. The Balaban J connectivity index is 3.95. The molecule has 96 valence electrons. The van der Waals surface area contributed by atoms with Crippen molar-refractivity contribution < 1.29 is 4.79 Å². The van der Waals surface area contributed by atoms with E-state index in [-0.39, 0.29) is 17.4 Å². The van der Waals surface area contributed by atoms with Crippen LogP contribution in [-0.4, -0.2) is 29.5 Å². The average Bonchev–Trinajstić information content (AvgIpc) is 2.15. The molecule has 0 bridgehead atoms. The van der Waals surface area contributed by atoms with Gasteiger partial charge >= 0.3 is 0 Å².